The molecule has 0 radical (unpaired) electrons. The van der Waals surface area contributed by atoms with Gasteiger partial charge in [-0.1, -0.05) is 72.3 Å². The number of carbonyl (C=O) groups is 1. The Balaban J connectivity index is 1.52. The highest BCUT2D eigenvalue weighted by Gasteiger charge is 2.14. The van der Waals surface area contributed by atoms with E-state index in [1.807, 2.05) is 60.7 Å². The number of nitrogens with zero attached hydrogens (tertiary/aromatic N) is 1. The minimum atomic E-state index is 0.177. The highest BCUT2D eigenvalue weighted by molar-refractivity contribution is 9.10. The molecule has 0 atom stereocenters. The molecule has 0 saturated heterocycles. The number of rotatable bonds is 13. The minimum Gasteiger partial charge on any atom is -0.488 e. The van der Waals surface area contributed by atoms with Crippen molar-refractivity contribution >= 4 is 33.3 Å². The topological polar surface area (TPSA) is 71.3 Å². The normalized spacial score (nSPS) is 10.7. The fourth-order valence-electron chi connectivity index (χ4n) is 4.22. The maximum Gasteiger partial charge on any atom is 0.142 e. The van der Waals surface area contributed by atoms with Crippen LogP contribution in [0, 0.1) is 11.3 Å². The van der Waals surface area contributed by atoms with Crippen LogP contribution in [0.4, 0.5) is 0 Å². The lowest BCUT2D eigenvalue weighted by Gasteiger charge is -2.17. The molecule has 4 aromatic rings. The number of ketones is 1. The van der Waals surface area contributed by atoms with Crippen LogP contribution in [0.5, 0.6) is 11.5 Å². The summed E-state index contributed by atoms with van der Waals surface area (Å²) in [5.41, 5.74) is 5.54. The predicted molar refractivity (Wildman–Crippen MR) is 162 cm³/mol. The fraction of sp³-hybridized carbons (Fsp3) is 0.212. The molecule has 0 aliphatic heterocycles. The quantitative estimate of drug-likeness (QED) is 0.153. The molecule has 0 bridgehead atoms. The largest absolute Gasteiger partial charge is 0.488 e. The first-order chi connectivity index (χ1) is 19.4. The first-order valence-electron chi connectivity index (χ1n) is 13.0. The van der Waals surface area contributed by atoms with Crippen LogP contribution in [0.3, 0.4) is 0 Å². The van der Waals surface area contributed by atoms with Crippen molar-refractivity contribution in [1.82, 2.24) is 5.32 Å². The van der Waals surface area contributed by atoms with Crippen LogP contribution < -0.4 is 14.8 Å². The van der Waals surface area contributed by atoms with Gasteiger partial charge in [0.25, 0.3) is 0 Å². The van der Waals surface area contributed by atoms with Crippen molar-refractivity contribution < 1.29 is 14.3 Å². The third-order valence-corrected chi connectivity index (χ3v) is 7.54. The summed E-state index contributed by atoms with van der Waals surface area (Å²) in [7, 11) is 0. The second-order valence-electron chi connectivity index (χ2n) is 9.41. The van der Waals surface area contributed by atoms with Crippen LogP contribution in [-0.4, -0.2) is 12.3 Å². The van der Waals surface area contributed by atoms with Crippen LogP contribution in [0.1, 0.15) is 42.0 Å². The number of nitrogens with one attached hydrogen (secondary N) is 1. The Hall–Kier alpha value is -3.63. The number of benzene rings is 4. The van der Waals surface area contributed by atoms with Crippen molar-refractivity contribution in [1.29, 1.82) is 5.26 Å². The van der Waals surface area contributed by atoms with E-state index in [2.05, 4.69) is 45.5 Å². The minimum absolute atomic E-state index is 0.177. The molecular formula is C33H30BrClN2O3. The summed E-state index contributed by atoms with van der Waals surface area (Å²) in [5, 5.41) is 13.1. The Morgan fingerprint density at radius 2 is 1.70 bits per heavy atom. The summed E-state index contributed by atoms with van der Waals surface area (Å²) in [5.74, 6) is 1.33. The van der Waals surface area contributed by atoms with E-state index in [0.717, 1.165) is 38.7 Å². The van der Waals surface area contributed by atoms with Crippen molar-refractivity contribution in [2.24, 2.45) is 0 Å². The molecule has 0 spiro atoms. The lowest BCUT2D eigenvalue weighted by atomic mass is 10.0. The average molecular weight is 618 g/mol. The smallest absolute Gasteiger partial charge is 0.142 e. The van der Waals surface area contributed by atoms with Crippen molar-refractivity contribution in [3.8, 4) is 28.7 Å². The molecule has 4 aromatic carbocycles. The van der Waals surface area contributed by atoms with Crippen molar-refractivity contribution in [3.63, 3.8) is 0 Å². The van der Waals surface area contributed by atoms with Crippen molar-refractivity contribution in [2.75, 3.05) is 6.54 Å². The van der Waals surface area contributed by atoms with E-state index in [4.69, 9.17) is 21.1 Å². The molecule has 0 aliphatic rings. The average Bonchev–Trinajstić information content (AvgIpc) is 2.97. The van der Waals surface area contributed by atoms with Crippen LogP contribution in [0.15, 0.2) is 89.4 Å². The Morgan fingerprint density at radius 3 is 2.48 bits per heavy atom. The van der Waals surface area contributed by atoms with Gasteiger partial charge in [-0.25, -0.2) is 0 Å². The van der Waals surface area contributed by atoms with Gasteiger partial charge in [-0.2, -0.15) is 5.26 Å². The highest BCUT2D eigenvalue weighted by atomic mass is 79.9. The molecule has 4 rings (SSSR count). The summed E-state index contributed by atoms with van der Waals surface area (Å²) in [4.78, 5) is 11.3. The lowest BCUT2D eigenvalue weighted by molar-refractivity contribution is -0.117. The van der Waals surface area contributed by atoms with Crippen molar-refractivity contribution in [2.45, 2.75) is 39.5 Å². The number of carbonyl (C=O) groups excluding carboxylic acids is 1. The molecule has 0 aromatic heterocycles. The van der Waals surface area contributed by atoms with Crippen LogP contribution >= 0.6 is 27.5 Å². The molecule has 5 nitrogen and oxygen atoms in total. The Labute approximate surface area is 248 Å². The summed E-state index contributed by atoms with van der Waals surface area (Å²) < 4.78 is 13.4. The van der Waals surface area contributed by atoms with Gasteiger partial charge >= 0.3 is 0 Å². The maximum atomic E-state index is 11.3. The molecule has 0 saturated carbocycles. The summed E-state index contributed by atoms with van der Waals surface area (Å²) >= 11 is 10.4. The second-order valence-corrected chi connectivity index (χ2v) is 10.6. The first-order valence-corrected chi connectivity index (χ1v) is 14.2. The number of Topliss-reactive ketones (excluding diaryl/α,β-unsaturated/α-hetero) is 1. The van der Waals surface area contributed by atoms with E-state index in [0.29, 0.717) is 54.8 Å². The first kappa shape index (κ1) is 29.4. The Kier molecular flexibility index (Phi) is 10.8. The summed E-state index contributed by atoms with van der Waals surface area (Å²) in [6.45, 7) is 3.43. The third kappa shape index (κ3) is 8.19. The number of ether oxygens (including phenoxy) is 2. The highest BCUT2D eigenvalue weighted by Crippen LogP contribution is 2.36. The summed E-state index contributed by atoms with van der Waals surface area (Å²) in [6, 6.07) is 29.4. The van der Waals surface area contributed by atoms with Gasteiger partial charge in [-0.15, -0.1) is 0 Å². The van der Waals surface area contributed by atoms with Crippen LogP contribution in [0.2, 0.25) is 5.02 Å². The zero-order chi connectivity index (χ0) is 28.3. The molecule has 0 fully saturated rings. The third-order valence-electron chi connectivity index (χ3n) is 6.31. The van der Waals surface area contributed by atoms with E-state index in [-0.39, 0.29) is 5.78 Å². The van der Waals surface area contributed by atoms with Gasteiger partial charge < -0.3 is 19.6 Å². The Bertz CT molecular complexity index is 1500. The van der Waals surface area contributed by atoms with Gasteiger partial charge in [0.05, 0.1) is 16.7 Å². The van der Waals surface area contributed by atoms with Crippen LogP contribution in [-0.2, 0) is 24.6 Å². The maximum absolute atomic E-state index is 11.3. The zero-order valence-corrected chi connectivity index (χ0v) is 24.6. The van der Waals surface area contributed by atoms with Crippen LogP contribution in [0.25, 0.3) is 11.1 Å². The van der Waals surface area contributed by atoms with E-state index in [1.165, 1.54) is 0 Å². The molecule has 0 amide bonds. The molecule has 1 N–H and O–H groups in total. The SMILES string of the molecule is CC(=O)CCCNCc1cc(Cl)c(OCc2cccc(-c3ccccc3)c2Br)cc1OCc1cccc(C#N)c1. The molecule has 0 aliphatic carbocycles. The molecule has 0 unspecified atom stereocenters. The van der Waals surface area contributed by atoms with Gasteiger partial charge in [-0.3, -0.25) is 0 Å². The fourth-order valence-corrected chi connectivity index (χ4v) is 5.07. The molecule has 0 heterocycles. The number of hydrogen-bond donors (Lipinski definition) is 1. The predicted octanol–water partition coefficient (Wildman–Crippen LogP) is 8.26. The van der Waals surface area contributed by atoms with Gasteiger partial charge in [0.1, 0.15) is 30.5 Å². The standard InChI is InChI=1S/C33H30BrClN2O3/c1-23(38)8-7-15-37-20-28-17-30(35)32(18-31(28)39-21-25-10-5-9-24(16-25)19-36)40-22-27-13-6-14-29(33(27)34)26-11-3-2-4-12-26/h2-6,9-14,16-18,37H,7-8,15,20-22H2,1H3. The second kappa shape index (κ2) is 14.7. The van der Waals surface area contributed by atoms with E-state index in [9.17, 15) is 10.1 Å². The Morgan fingerprint density at radius 1 is 0.925 bits per heavy atom. The number of halogens is 2. The molecule has 204 valence electrons. The summed E-state index contributed by atoms with van der Waals surface area (Å²) in [6.07, 6.45) is 1.30. The van der Waals surface area contributed by atoms with Gasteiger partial charge in [0.2, 0.25) is 0 Å². The van der Waals surface area contributed by atoms with E-state index < -0.39 is 0 Å². The van der Waals surface area contributed by atoms with E-state index >= 15 is 0 Å². The monoisotopic (exact) mass is 616 g/mol. The zero-order valence-electron chi connectivity index (χ0n) is 22.3. The molecular weight excluding hydrogens is 588 g/mol. The van der Waals surface area contributed by atoms with Gasteiger partial charge in [-0.05, 0) is 70.7 Å². The van der Waals surface area contributed by atoms with Crippen molar-refractivity contribution in [3.05, 3.63) is 117 Å². The van der Waals surface area contributed by atoms with Gasteiger partial charge in [0.15, 0.2) is 0 Å². The molecule has 40 heavy (non-hydrogen) atoms. The van der Waals surface area contributed by atoms with E-state index in [1.54, 1.807) is 13.0 Å². The number of nitriles is 1. The lowest BCUT2D eigenvalue weighted by Crippen LogP contribution is -2.16. The number of hydrogen-bond acceptors (Lipinski definition) is 5. The van der Waals surface area contributed by atoms with Gasteiger partial charge in [0, 0.05) is 34.6 Å². The molecule has 7 heteroatoms.